The molecule has 2 rings (SSSR count). The lowest BCUT2D eigenvalue weighted by molar-refractivity contribution is 1.14. The summed E-state index contributed by atoms with van der Waals surface area (Å²) in [6, 6.07) is 7.36. The standard InChI is InChI=1S/C11H12ClN5/c1-7-8(12)3-2-4-9(7)16-10-5-11(17-13)15-6-14-10/h2-6H,13H2,1H3,(H2,14,15,16,17). The van der Waals surface area contributed by atoms with Gasteiger partial charge in [0.1, 0.15) is 18.0 Å². The molecule has 0 bridgehead atoms. The molecule has 0 aliphatic rings. The number of nitrogens with zero attached hydrogens (tertiary/aromatic N) is 2. The number of aromatic nitrogens is 2. The molecule has 0 unspecified atom stereocenters. The highest BCUT2D eigenvalue weighted by Crippen LogP contribution is 2.25. The first-order valence-electron chi connectivity index (χ1n) is 5.01. The Bertz CT molecular complexity index is 529. The van der Waals surface area contributed by atoms with Crippen molar-refractivity contribution < 1.29 is 0 Å². The maximum Gasteiger partial charge on any atom is 0.145 e. The van der Waals surface area contributed by atoms with Crippen molar-refractivity contribution in [1.82, 2.24) is 9.97 Å². The van der Waals surface area contributed by atoms with Crippen molar-refractivity contribution in [2.75, 3.05) is 10.7 Å². The van der Waals surface area contributed by atoms with E-state index >= 15 is 0 Å². The first-order chi connectivity index (χ1) is 8.20. The van der Waals surface area contributed by atoms with Gasteiger partial charge in [-0.3, -0.25) is 0 Å². The average Bonchev–Trinajstić information content (AvgIpc) is 2.35. The molecule has 1 heterocycles. The Kier molecular flexibility index (Phi) is 3.41. The van der Waals surface area contributed by atoms with Gasteiger partial charge in [0.2, 0.25) is 0 Å². The fourth-order valence-electron chi connectivity index (χ4n) is 1.39. The van der Waals surface area contributed by atoms with Crippen LogP contribution in [0.5, 0.6) is 0 Å². The zero-order valence-electron chi connectivity index (χ0n) is 9.24. The van der Waals surface area contributed by atoms with Crippen LogP contribution >= 0.6 is 11.6 Å². The van der Waals surface area contributed by atoms with Crippen LogP contribution in [0.4, 0.5) is 17.3 Å². The molecule has 0 aliphatic heterocycles. The predicted octanol–water partition coefficient (Wildman–Crippen LogP) is 2.47. The van der Waals surface area contributed by atoms with E-state index in [1.807, 2.05) is 25.1 Å². The minimum atomic E-state index is 0.544. The molecule has 0 saturated heterocycles. The van der Waals surface area contributed by atoms with Crippen LogP contribution in [-0.2, 0) is 0 Å². The molecular formula is C11H12ClN5. The van der Waals surface area contributed by atoms with E-state index in [2.05, 4.69) is 20.7 Å². The van der Waals surface area contributed by atoms with E-state index in [0.717, 1.165) is 11.3 Å². The predicted molar refractivity (Wildman–Crippen MR) is 69.3 cm³/mol. The Labute approximate surface area is 104 Å². The molecule has 4 N–H and O–H groups in total. The number of halogens is 1. The summed E-state index contributed by atoms with van der Waals surface area (Å²) in [6.07, 6.45) is 1.43. The fraction of sp³-hybridized carbons (Fsp3) is 0.0909. The van der Waals surface area contributed by atoms with Crippen molar-refractivity contribution >= 4 is 28.9 Å². The molecule has 0 aliphatic carbocycles. The van der Waals surface area contributed by atoms with Gasteiger partial charge in [-0.1, -0.05) is 17.7 Å². The quantitative estimate of drug-likeness (QED) is 0.576. The van der Waals surface area contributed by atoms with E-state index < -0.39 is 0 Å². The van der Waals surface area contributed by atoms with E-state index in [1.54, 1.807) is 6.07 Å². The highest BCUT2D eigenvalue weighted by molar-refractivity contribution is 6.31. The first kappa shape index (κ1) is 11.6. The third-order valence-electron chi connectivity index (χ3n) is 2.35. The van der Waals surface area contributed by atoms with E-state index in [4.69, 9.17) is 17.4 Å². The van der Waals surface area contributed by atoms with Crippen molar-refractivity contribution in [3.8, 4) is 0 Å². The second kappa shape index (κ2) is 4.99. The van der Waals surface area contributed by atoms with Crippen LogP contribution in [0.1, 0.15) is 5.56 Å². The molecule has 17 heavy (non-hydrogen) atoms. The van der Waals surface area contributed by atoms with Crippen LogP contribution in [0.3, 0.4) is 0 Å². The number of rotatable bonds is 3. The maximum atomic E-state index is 6.03. The zero-order valence-corrected chi connectivity index (χ0v) is 9.99. The van der Waals surface area contributed by atoms with Gasteiger partial charge < -0.3 is 10.7 Å². The maximum absolute atomic E-state index is 6.03. The molecule has 0 amide bonds. The summed E-state index contributed by atoms with van der Waals surface area (Å²) in [5, 5.41) is 3.87. The number of hydrogen-bond acceptors (Lipinski definition) is 5. The van der Waals surface area contributed by atoms with E-state index in [1.165, 1.54) is 6.33 Å². The molecule has 0 atom stereocenters. The molecule has 6 heteroatoms. The Morgan fingerprint density at radius 2 is 2.00 bits per heavy atom. The summed E-state index contributed by atoms with van der Waals surface area (Å²) in [6.45, 7) is 1.94. The van der Waals surface area contributed by atoms with E-state index in [9.17, 15) is 0 Å². The molecule has 88 valence electrons. The van der Waals surface area contributed by atoms with Gasteiger partial charge in [0.15, 0.2) is 0 Å². The van der Waals surface area contributed by atoms with Gasteiger partial charge in [-0.2, -0.15) is 0 Å². The summed E-state index contributed by atoms with van der Waals surface area (Å²) in [5.74, 6) is 6.47. The second-order valence-electron chi connectivity index (χ2n) is 3.47. The number of nitrogens with one attached hydrogen (secondary N) is 2. The third-order valence-corrected chi connectivity index (χ3v) is 2.75. The summed E-state index contributed by atoms with van der Waals surface area (Å²) in [7, 11) is 0. The summed E-state index contributed by atoms with van der Waals surface area (Å²) in [4.78, 5) is 8.02. The number of nitrogen functional groups attached to an aromatic ring is 1. The molecule has 5 nitrogen and oxygen atoms in total. The van der Waals surface area contributed by atoms with Gasteiger partial charge in [0.25, 0.3) is 0 Å². The van der Waals surface area contributed by atoms with Crippen LogP contribution < -0.4 is 16.6 Å². The lowest BCUT2D eigenvalue weighted by Crippen LogP contribution is -2.09. The summed E-state index contributed by atoms with van der Waals surface area (Å²) in [5.41, 5.74) is 4.33. The first-order valence-corrected chi connectivity index (χ1v) is 5.39. The smallest absolute Gasteiger partial charge is 0.145 e. The molecule has 0 spiro atoms. The Balaban J connectivity index is 2.28. The molecule has 1 aromatic carbocycles. The number of hydrazine groups is 1. The number of hydrogen-bond donors (Lipinski definition) is 3. The molecular weight excluding hydrogens is 238 g/mol. The largest absolute Gasteiger partial charge is 0.340 e. The SMILES string of the molecule is Cc1c(Cl)cccc1Nc1cc(NN)ncn1. The Morgan fingerprint density at radius 1 is 1.24 bits per heavy atom. The normalized spacial score (nSPS) is 10.1. The van der Waals surface area contributed by atoms with Crippen molar-refractivity contribution in [2.45, 2.75) is 6.92 Å². The highest BCUT2D eigenvalue weighted by Gasteiger charge is 2.03. The van der Waals surface area contributed by atoms with Crippen LogP contribution in [-0.4, -0.2) is 9.97 Å². The van der Waals surface area contributed by atoms with Crippen molar-refractivity contribution in [3.05, 3.63) is 41.2 Å². The summed E-state index contributed by atoms with van der Waals surface area (Å²) >= 11 is 6.03. The minimum Gasteiger partial charge on any atom is -0.340 e. The third kappa shape index (κ3) is 2.64. The highest BCUT2D eigenvalue weighted by atomic mass is 35.5. The van der Waals surface area contributed by atoms with Crippen LogP contribution in [0.25, 0.3) is 0 Å². The van der Waals surface area contributed by atoms with Crippen LogP contribution in [0.2, 0.25) is 5.02 Å². The van der Waals surface area contributed by atoms with Gasteiger partial charge in [0, 0.05) is 16.8 Å². The molecule has 0 radical (unpaired) electrons. The zero-order chi connectivity index (χ0) is 12.3. The second-order valence-corrected chi connectivity index (χ2v) is 3.88. The van der Waals surface area contributed by atoms with Gasteiger partial charge in [-0.15, -0.1) is 0 Å². The van der Waals surface area contributed by atoms with Crippen LogP contribution in [0.15, 0.2) is 30.6 Å². The van der Waals surface area contributed by atoms with Crippen molar-refractivity contribution in [1.29, 1.82) is 0 Å². The number of nitrogens with two attached hydrogens (primary N) is 1. The van der Waals surface area contributed by atoms with E-state index in [0.29, 0.717) is 16.7 Å². The monoisotopic (exact) mass is 249 g/mol. The van der Waals surface area contributed by atoms with Crippen LogP contribution in [0, 0.1) is 6.92 Å². The van der Waals surface area contributed by atoms with E-state index in [-0.39, 0.29) is 0 Å². The van der Waals surface area contributed by atoms with Gasteiger partial charge >= 0.3 is 0 Å². The average molecular weight is 250 g/mol. The van der Waals surface area contributed by atoms with Gasteiger partial charge in [-0.25, -0.2) is 15.8 Å². The topological polar surface area (TPSA) is 75.9 Å². The minimum absolute atomic E-state index is 0.544. The lowest BCUT2D eigenvalue weighted by Gasteiger charge is -2.10. The lowest BCUT2D eigenvalue weighted by atomic mass is 10.2. The molecule has 0 saturated carbocycles. The number of anilines is 3. The summed E-state index contributed by atoms with van der Waals surface area (Å²) < 4.78 is 0. The Morgan fingerprint density at radius 3 is 2.76 bits per heavy atom. The van der Waals surface area contributed by atoms with Crippen molar-refractivity contribution in [2.24, 2.45) is 5.84 Å². The van der Waals surface area contributed by atoms with Gasteiger partial charge in [0.05, 0.1) is 0 Å². The van der Waals surface area contributed by atoms with Gasteiger partial charge in [-0.05, 0) is 24.6 Å². The fourth-order valence-corrected chi connectivity index (χ4v) is 1.56. The number of benzene rings is 1. The molecule has 1 aromatic heterocycles. The van der Waals surface area contributed by atoms with Crippen molar-refractivity contribution in [3.63, 3.8) is 0 Å². The molecule has 0 fully saturated rings. The molecule has 2 aromatic rings. The Hall–Kier alpha value is -1.85.